The number of nitrogens with one attached hydrogen (secondary N) is 1. The fourth-order valence-corrected chi connectivity index (χ4v) is 3.51. The minimum atomic E-state index is -0.364. The Kier molecular flexibility index (Phi) is 10.7. The van der Waals surface area contributed by atoms with E-state index in [2.05, 4.69) is 22.4 Å². The summed E-state index contributed by atoms with van der Waals surface area (Å²) in [6.45, 7) is 5.61. The van der Waals surface area contributed by atoms with Crippen LogP contribution in [0.3, 0.4) is 0 Å². The van der Waals surface area contributed by atoms with Crippen molar-refractivity contribution < 1.29 is 13.9 Å². The zero-order chi connectivity index (χ0) is 22.1. The van der Waals surface area contributed by atoms with Gasteiger partial charge in [-0.05, 0) is 36.6 Å². The maximum absolute atomic E-state index is 13.6. The number of fused-ring (bicyclic) bond motifs is 1. The first-order valence-electron chi connectivity index (χ1n) is 10.8. The van der Waals surface area contributed by atoms with Crippen LogP contribution < -0.4 is 10.1 Å². The van der Waals surface area contributed by atoms with Gasteiger partial charge in [-0.15, -0.1) is 24.0 Å². The summed E-state index contributed by atoms with van der Waals surface area (Å²) in [6, 6.07) is 14.6. The maximum Gasteiger partial charge on any atom is 0.223 e. The molecule has 8 heteroatoms. The third kappa shape index (κ3) is 7.36. The third-order valence-corrected chi connectivity index (χ3v) is 5.22. The predicted octanol–water partition coefficient (Wildman–Crippen LogP) is 4.04. The predicted molar refractivity (Wildman–Crippen MR) is 136 cm³/mol. The quantitative estimate of drug-likeness (QED) is 0.220. The monoisotopic (exact) mass is 554 g/mol. The van der Waals surface area contributed by atoms with Gasteiger partial charge in [0.15, 0.2) is 17.5 Å². The maximum atomic E-state index is 13.6. The van der Waals surface area contributed by atoms with E-state index in [-0.39, 0.29) is 41.5 Å². The summed E-state index contributed by atoms with van der Waals surface area (Å²) in [5.41, 5.74) is 2.48. The van der Waals surface area contributed by atoms with Gasteiger partial charge in [-0.25, -0.2) is 4.39 Å². The molecule has 0 radical (unpaired) electrons. The number of benzene rings is 2. The number of carbonyl (C=O) groups is 1. The largest absolute Gasteiger partial charge is 0.489 e. The van der Waals surface area contributed by atoms with Crippen LogP contribution in [0.4, 0.5) is 4.39 Å². The summed E-state index contributed by atoms with van der Waals surface area (Å²) in [4.78, 5) is 21.0. The van der Waals surface area contributed by atoms with E-state index in [9.17, 15) is 9.18 Å². The summed E-state index contributed by atoms with van der Waals surface area (Å²) in [5, 5.41) is 3.25. The zero-order valence-corrected chi connectivity index (χ0v) is 21.1. The van der Waals surface area contributed by atoms with Crippen molar-refractivity contribution in [3.05, 3.63) is 65.5 Å². The molecule has 3 rings (SSSR count). The highest BCUT2D eigenvalue weighted by molar-refractivity contribution is 14.0. The van der Waals surface area contributed by atoms with Crippen molar-refractivity contribution in [3.63, 3.8) is 0 Å². The van der Waals surface area contributed by atoms with Crippen molar-refractivity contribution in [2.75, 3.05) is 33.3 Å². The number of aliphatic imine (C=N–C) groups is 1. The van der Waals surface area contributed by atoms with Gasteiger partial charge in [-0.3, -0.25) is 9.79 Å². The Morgan fingerprint density at radius 1 is 1.16 bits per heavy atom. The Morgan fingerprint density at radius 3 is 2.47 bits per heavy atom. The van der Waals surface area contributed by atoms with E-state index in [0.29, 0.717) is 45.6 Å². The minimum Gasteiger partial charge on any atom is -0.489 e. The fraction of sp³-hybridized carbons (Fsp3) is 0.417. The first-order chi connectivity index (χ1) is 15.1. The highest BCUT2D eigenvalue weighted by atomic mass is 127. The molecular weight excluding hydrogens is 522 g/mol. The molecule has 1 heterocycles. The smallest absolute Gasteiger partial charge is 0.223 e. The molecule has 0 fully saturated rings. The zero-order valence-electron chi connectivity index (χ0n) is 18.7. The Bertz CT molecular complexity index is 884. The van der Waals surface area contributed by atoms with Gasteiger partial charge in [0, 0.05) is 39.6 Å². The average Bonchev–Trinajstić information content (AvgIpc) is 3.21. The first-order valence-corrected chi connectivity index (χ1v) is 10.8. The molecular formula is C24H32FIN4O2. The molecule has 1 N–H and O–H groups in total. The number of para-hydroxylation sites is 1. The van der Waals surface area contributed by atoms with Gasteiger partial charge in [0.25, 0.3) is 0 Å². The number of rotatable bonds is 9. The van der Waals surface area contributed by atoms with Crippen LogP contribution in [0.1, 0.15) is 30.9 Å². The highest BCUT2D eigenvalue weighted by Crippen LogP contribution is 2.23. The molecule has 1 amide bonds. The molecule has 0 atom stereocenters. The molecule has 0 saturated heterocycles. The molecule has 32 heavy (non-hydrogen) atoms. The molecule has 1 aliphatic rings. The number of hydrogen-bond acceptors (Lipinski definition) is 3. The summed E-state index contributed by atoms with van der Waals surface area (Å²) >= 11 is 0. The molecule has 0 aliphatic carbocycles. The van der Waals surface area contributed by atoms with Crippen LogP contribution >= 0.6 is 24.0 Å². The summed E-state index contributed by atoms with van der Waals surface area (Å²) < 4.78 is 19.2. The molecule has 0 bridgehead atoms. The van der Waals surface area contributed by atoms with Crippen molar-refractivity contribution in [3.8, 4) is 5.75 Å². The standard InChI is InChI=1S/C24H31FN4O2.HI/c1-3-26-24(28(2)15-16-31-22-12-7-6-11-21(22)25)27-14-8-13-23(30)29-17-19-9-4-5-10-20(19)18-29;/h4-7,9-12H,3,8,13-18H2,1-2H3,(H,26,27);1H. The van der Waals surface area contributed by atoms with Gasteiger partial charge in [0.2, 0.25) is 5.91 Å². The Hall–Kier alpha value is -2.36. The third-order valence-electron chi connectivity index (χ3n) is 5.22. The number of halogens is 2. The van der Waals surface area contributed by atoms with Crippen molar-refractivity contribution >= 4 is 35.8 Å². The van der Waals surface area contributed by atoms with E-state index >= 15 is 0 Å². The lowest BCUT2D eigenvalue weighted by Crippen LogP contribution is -2.41. The van der Waals surface area contributed by atoms with Crippen LogP contribution in [-0.2, 0) is 17.9 Å². The Morgan fingerprint density at radius 2 is 1.81 bits per heavy atom. The fourth-order valence-electron chi connectivity index (χ4n) is 3.51. The lowest BCUT2D eigenvalue weighted by atomic mass is 10.1. The van der Waals surface area contributed by atoms with Crippen molar-refractivity contribution in [1.29, 1.82) is 0 Å². The summed E-state index contributed by atoms with van der Waals surface area (Å²) in [7, 11) is 1.92. The Balaban J connectivity index is 0.00000363. The molecule has 1 aliphatic heterocycles. The molecule has 0 unspecified atom stereocenters. The van der Waals surface area contributed by atoms with Gasteiger partial charge in [0.1, 0.15) is 6.61 Å². The second kappa shape index (κ2) is 13.2. The summed E-state index contributed by atoms with van der Waals surface area (Å²) in [6.07, 6.45) is 1.18. The van der Waals surface area contributed by atoms with Gasteiger partial charge in [-0.2, -0.15) is 0 Å². The number of guanidine groups is 1. The number of likely N-dealkylation sites (N-methyl/N-ethyl adjacent to an activating group) is 1. The van der Waals surface area contributed by atoms with Crippen LogP contribution in [-0.4, -0.2) is 55.0 Å². The van der Waals surface area contributed by atoms with Crippen molar-refractivity contribution in [2.24, 2.45) is 4.99 Å². The molecule has 0 spiro atoms. The normalized spacial score (nSPS) is 12.7. The number of hydrogen-bond donors (Lipinski definition) is 1. The van der Waals surface area contributed by atoms with Gasteiger partial charge in [-0.1, -0.05) is 36.4 Å². The van der Waals surface area contributed by atoms with E-state index in [1.165, 1.54) is 17.2 Å². The van der Waals surface area contributed by atoms with Gasteiger partial charge in [0.05, 0.1) is 6.54 Å². The number of amides is 1. The van der Waals surface area contributed by atoms with Crippen LogP contribution in [0.5, 0.6) is 5.75 Å². The van der Waals surface area contributed by atoms with E-state index in [0.717, 1.165) is 12.5 Å². The second-order valence-corrected chi connectivity index (χ2v) is 7.56. The van der Waals surface area contributed by atoms with Gasteiger partial charge >= 0.3 is 0 Å². The number of carbonyl (C=O) groups excluding carboxylic acids is 1. The molecule has 174 valence electrons. The minimum absolute atomic E-state index is 0. The van der Waals surface area contributed by atoms with E-state index in [1.807, 2.05) is 35.9 Å². The average molecular weight is 554 g/mol. The van der Waals surface area contributed by atoms with Crippen molar-refractivity contribution in [1.82, 2.24) is 15.1 Å². The molecule has 6 nitrogen and oxygen atoms in total. The molecule has 0 aromatic heterocycles. The number of nitrogens with zero attached hydrogens (tertiary/aromatic N) is 3. The molecule has 0 saturated carbocycles. The second-order valence-electron chi connectivity index (χ2n) is 7.56. The van der Waals surface area contributed by atoms with E-state index in [4.69, 9.17) is 4.74 Å². The van der Waals surface area contributed by atoms with Crippen LogP contribution in [0.25, 0.3) is 0 Å². The van der Waals surface area contributed by atoms with Crippen molar-refractivity contribution in [2.45, 2.75) is 32.9 Å². The highest BCUT2D eigenvalue weighted by Gasteiger charge is 2.22. The first kappa shape index (κ1) is 25.9. The van der Waals surface area contributed by atoms with Crippen LogP contribution in [0.15, 0.2) is 53.5 Å². The molecule has 2 aromatic carbocycles. The lowest BCUT2D eigenvalue weighted by Gasteiger charge is -2.22. The summed E-state index contributed by atoms with van der Waals surface area (Å²) in [5.74, 6) is 0.806. The van der Waals surface area contributed by atoms with E-state index in [1.54, 1.807) is 18.2 Å². The SMILES string of the molecule is CCNC(=NCCCC(=O)N1Cc2ccccc2C1)N(C)CCOc1ccccc1F.I. The molecule has 2 aromatic rings. The number of ether oxygens (including phenoxy) is 1. The lowest BCUT2D eigenvalue weighted by molar-refractivity contribution is -0.131. The van der Waals surface area contributed by atoms with Crippen LogP contribution in [0, 0.1) is 5.82 Å². The Labute approximate surface area is 206 Å². The van der Waals surface area contributed by atoms with E-state index < -0.39 is 0 Å². The van der Waals surface area contributed by atoms with Gasteiger partial charge < -0.3 is 19.9 Å². The van der Waals surface area contributed by atoms with Crippen LogP contribution in [0.2, 0.25) is 0 Å². The topological polar surface area (TPSA) is 57.2 Å².